The van der Waals surface area contributed by atoms with E-state index < -0.39 is 0 Å². The molecule has 2 nitrogen and oxygen atoms in total. The summed E-state index contributed by atoms with van der Waals surface area (Å²) in [6.07, 6.45) is -0.145. The van der Waals surface area contributed by atoms with Gasteiger partial charge in [0.25, 0.3) is 0 Å². The first-order chi connectivity index (χ1) is 6.50. The molecular formula is C10H13BrFNO. The zero-order valence-electron chi connectivity index (χ0n) is 8.13. The third kappa shape index (κ3) is 2.96. The highest BCUT2D eigenvalue weighted by Gasteiger charge is 2.11. The van der Waals surface area contributed by atoms with E-state index in [1.165, 1.54) is 12.1 Å². The predicted molar refractivity (Wildman–Crippen MR) is 57.8 cm³/mol. The first kappa shape index (κ1) is 11.5. The van der Waals surface area contributed by atoms with Gasteiger partial charge in [0.15, 0.2) is 0 Å². The second kappa shape index (κ2) is 4.75. The molecule has 0 fully saturated rings. The Morgan fingerprint density at radius 2 is 2.07 bits per heavy atom. The van der Waals surface area contributed by atoms with Gasteiger partial charge in [0, 0.05) is 12.1 Å². The van der Waals surface area contributed by atoms with Gasteiger partial charge in [-0.1, -0.05) is 0 Å². The fraction of sp³-hybridized carbons (Fsp3) is 0.400. The highest BCUT2D eigenvalue weighted by molar-refractivity contribution is 9.10. The van der Waals surface area contributed by atoms with E-state index >= 15 is 0 Å². The van der Waals surface area contributed by atoms with Gasteiger partial charge >= 0.3 is 0 Å². The van der Waals surface area contributed by atoms with Gasteiger partial charge in [-0.25, -0.2) is 4.39 Å². The molecule has 2 unspecified atom stereocenters. The highest BCUT2D eigenvalue weighted by atomic mass is 79.9. The van der Waals surface area contributed by atoms with Crippen LogP contribution in [-0.4, -0.2) is 12.1 Å². The van der Waals surface area contributed by atoms with Crippen molar-refractivity contribution >= 4 is 15.9 Å². The highest BCUT2D eigenvalue weighted by Crippen LogP contribution is 2.26. The molecule has 0 spiro atoms. The molecule has 1 aromatic carbocycles. The summed E-state index contributed by atoms with van der Waals surface area (Å²) in [6.45, 7) is 3.69. The number of halogens is 2. The molecule has 0 amide bonds. The quantitative estimate of drug-likeness (QED) is 0.908. The predicted octanol–water partition coefficient (Wildman–Crippen LogP) is 2.70. The number of rotatable bonds is 3. The largest absolute Gasteiger partial charge is 0.488 e. The lowest BCUT2D eigenvalue weighted by molar-refractivity contribution is 0.194. The van der Waals surface area contributed by atoms with E-state index in [1.807, 2.05) is 13.8 Å². The van der Waals surface area contributed by atoms with Crippen LogP contribution in [0.2, 0.25) is 0 Å². The maximum Gasteiger partial charge on any atom is 0.136 e. The van der Waals surface area contributed by atoms with Crippen molar-refractivity contribution < 1.29 is 9.13 Å². The molecular weight excluding hydrogens is 249 g/mol. The molecule has 0 bridgehead atoms. The average Bonchev–Trinajstić information content (AvgIpc) is 2.11. The van der Waals surface area contributed by atoms with Crippen LogP contribution < -0.4 is 10.5 Å². The van der Waals surface area contributed by atoms with Crippen LogP contribution in [0.15, 0.2) is 22.7 Å². The zero-order chi connectivity index (χ0) is 10.7. The van der Waals surface area contributed by atoms with Crippen molar-refractivity contribution in [2.45, 2.75) is 26.0 Å². The minimum atomic E-state index is -0.319. The van der Waals surface area contributed by atoms with Crippen LogP contribution in [0.1, 0.15) is 13.8 Å². The Labute approximate surface area is 91.4 Å². The average molecular weight is 262 g/mol. The summed E-state index contributed by atoms with van der Waals surface area (Å²) in [5.41, 5.74) is 5.64. The lowest BCUT2D eigenvalue weighted by Crippen LogP contribution is -2.33. The summed E-state index contributed by atoms with van der Waals surface area (Å²) in [6, 6.07) is 4.22. The lowest BCUT2D eigenvalue weighted by Gasteiger charge is -2.18. The molecule has 78 valence electrons. The van der Waals surface area contributed by atoms with Crippen LogP contribution in [0.4, 0.5) is 4.39 Å². The van der Waals surface area contributed by atoms with E-state index in [9.17, 15) is 4.39 Å². The van der Waals surface area contributed by atoms with E-state index in [2.05, 4.69) is 15.9 Å². The van der Waals surface area contributed by atoms with E-state index in [0.29, 0.717) is 5.75 Å². The standard InChI is InChI=1S/C10H13BrFNO/c1-6(13)7(2)14-10-5-8(12)3-4-9(10)11/h3-7H,13H2,1-2H3. The van der Waals surface area contributed by atoms with E-state index in [1.54, 1.807) is 6.07 Å². The van der Waals surface area contributed by atoms with E-state index in [-0.39, 0.29) is 18.0 Å². The van der Waals surface area contributed by atoms with Gasteiger partial charge in [-0.05, 0) is 41.9 Å². The molecule has 1 rings (SSSR count). The maximum absolute atomic E-state index is 12.9. The molecule has 2 N–H and O–H groups in total. The summed E-state index contributed by atoms with van der Waals surface area (Å²) in [5.74, 6) is 0.162. The molecule has 0 aromatic heterocycles. The number of nitrogens with two attached hydrogens (primary N) is 1. The Morgan fingerprint density at radius 1 is 1.43 bits per heavy atom. The van der Waals surface area contributed by atoms with Crippen LogP contribution >= 0.6 is 15.9 Å². The summed E-state index contributed by atoms with van der Waals surface area (Å²) in [4.78, 5) is 0. The fourth-order valence-electron chi connectivity index (χ4n) is 0.875. The zero-order valence-corrected chi connectivity index (χ0v) is 9.71. The fourth-order valence-corrected chi connectivity index (χ4v) is 1.22. The summed E-state index contributed by atoms with van der Waals surface area (Å²) >= 11 is 3.28. The van der Waals surface area contributed by atoms with Crippen LogP contribution in [0.5, 0.6) is 5.75 Å². The second-order valence-corrected chi connectivity index (χ2v) is 4.11. The summed E-state index contributed by atoms with van der Waals surface area (Å²) in [5, 5.41) is 0. The maximum atomic E-state index is 12.9. The van der Waals surface area contributed by atoms with Crippen molar-refractivity contribution in [1.82, 2.24) is 0 Å². The van der Waals surface area contributed by atoms with Gasteiger partial charge in [0.2, 0.25) is 0 Å². The molecule has 0 saturated carbocycles. The van der Waals surface area contributed by atoms with Gasteiger partial charge < -0.3 is 10.5 Å². The molecule has 1 aromatic rings. The number of benzene rings is 1. The van der Waals surface area contributed by atoms with E-state index in [4.69, 9.17) is 10.5 Å². The Bertz CT molecular complexity index is 317. The minimum absolute atomic E-state index is 0.0924. The lowest BCUT2D eigenvalue weighted by atomic mass is 10.2. The van der Waals surface area contributed by atoms with Crippen molar-refractivity contribution in [3.05, 3.63) is 28.5 Å². The molecule has 0 radical (unpaired) electrons. The van der Waals surface area contributed by atoms with Crippen molar-refractivity contribution in [2.24, 2.45) is 5.73 Å². The van der Waals surface area contributed by atoms with Crippen molar-refractivity contribution in [3.8, 4) is 5.75 Å². The molecule has 14 heavy (non-hydrogen) atoms. The number of hydrogen-bond donors (Lipinski definition) is 1. The topological polar surface area (TPSA) is 35.2 Å². The Hall–Kier alpha value is -0.610. The minimum Gasteiger partial charge on any atom is -0.488 e. The Morgan fingerprint density at radius 3 is 2.64 bits per heavy atom. The first-order valence-corrected chi connectivity index (χ1v) is 5.17. The molecule has 0 aliphatic carbocycles. The molecule has 0 saturated heterocycles. The Balaban J connectivity index is 2.80. The molecule has 0 heterocycles. The van der Waals surface area contributed by atoms with Crippen molar-refractivity contribution in [3.63, 3.8) is 0 Å². The third-order valence-electron chi connectivity index (χ3n) is 1.95. The normalized spacial score (nSPS) is 14.9. The van der Waals surface area contributed by atoms with Crippen LogP contribution in [0, 0.1) is 5.82 Å². The van der Waals surface area contributed by atoms with Gasteiger partial charge in [0.1, 0.15) is 17.7 Å². The molecule has 0 aliphatic heterocycles. The SMILES string of the molecule is CC(N)C(C)Oc1cc(F)ccc1Br. The first-order valence-electron chi connectivity index (χ1n) is 4.38. The van der Waals surface area contributed by atoms with Crippen LogP contribution in [0.25, 0.3) is 0 Å². The van der Waals surface area contributed by atoms with Crippen LogP contribution in [0.3, 0.4) is 0 Å². The summed E-state index contributed by atoms with van der Waals surface area (Å²) < 4.78 is 19.1. The van der Waals surface area contributed by atoms with Gasteiger partial charge in [-0.2, -0.15) is 0 Å². The number of ether oxygens (including phenoxy) is 1. The second-order valence-electron chi connectivity index (χ2n) is 3.26. The summed E-state index contributed by atoms with van der Waals surface area (Å²) in [7, 11) is 0. The van der Waals surface area contributed by atoms with Gasteiger partial charge in [-0.3, -0.25) is 0 Å². The number of hydrogen-bond acceptors (Lipinski definition) is 2. The van der Waals surface area contributed by atoms with Crippen LogP contribution in [-0.2, 0) is 0 Å². The van der Waals surface area contributed by atoms with E-state index in [0.717, 1.165) is 4.47 Å². The van der Waals surface area contributed by atoms with Crippen molar-refractivity contribution in [1.29, 1.82) is 0 Å². The van der Waals surface area contributed by atoms with Crippen molar-refractivity contribution in [2.75, 3.05) is 0 Å². The molecule has 2 atom stereocenters. The van der Waals surface area contributed by atoms with Gasteiger partial charge in [-0.15, -0.1) is 0 Å². The molecule has 4 heteroatoms. The smallest absolute Gasteiger partial charge is 0.136 e. The molecule has 0 aliphatic rings. The monoisotopic (exact) mass is 261 g/mol. The van der Waals surface area contributed by atoms with Gasteiger partial charge in [0.05, 0.1) is 4.47 Å². The Kier molecular flexibility index (Phi) is 3.89. The third-order valence-corrected chi connectivity index (χ3v) is 2.60.